The second-order valence-electron chi connectivity index (χ2n) is 7.43. The van der Waals surface area contributed by atoms with Crippen LogP contribution >= 0.6 is 31.9 Å². The van der Waals surface area contributed by atoms with Crippen LogP contribution in [0.25, 0.3) is 10.9 Å². The third-order valence-electron chi connectivity index (χ3n) is 5.13. The van der Waals surface area contributed by atoms with Crippen LogP contribution in [0, 0.1) is 0 Å². The average molecular weight is 581 g/mol. The summed E-state index contributed by atoms with van der Waals surface area (Å²) in [7, 11) is 1.46. The standard InChI is InChI=1S/C23H23Br2N3O5/c1-5-12(2)21-27-18-7-6-15(24)9-16(18)22(29)28(21)26-11-14-8-19(32-4)20(10-17(14)25)33-13(3)23(30)31/h6-13H,5H2,1-4H3,(H,30,31)/t12-,13-/m0/s1. The third kappa shape index (κ3) is 5.44. The minimum absolute atomic E-state index is 0.00848. The molecule has 1 heterocycles. The molecule has 2 aromatic carbocycles. The number of ether oxygens (including phenoxy) is 2. The van der Waals surface area contributed by atoms with Crippen molar-refractivity contribution in [3.63, 3.8) is 0 Å². The molecule has 1 aromatic heterocycles. The van der Waals surface area contributed by atoms with Crippen molar-refractivity contribution in [2.75, 3.05) is 7.11 Å². The predicted octanol–water partition coefficient (Wildman–Crippen LogP) is 5.18. The zero-order chi connectivity index (χ0) is 24.3. The molecule has 2 atom stereocenters. The highest BCUT2D eigenvalue weighted by Gasteiger charge is 2.18. The number of hydrogen-bond acceptors (Lipinski definition) is 6. The van der Waals surface area contributed by atoms with Crippen LogP contribution in [0.3, 0.4) is 0 Å². The zero-order valence-corrected chi connectivity index (χ0v) is 21.7. The van der Waals surface area contributed by atoms with Crippen molar-refractivity contribution < 1.29 is 19.4 Å². The van der Waals surface area contributed by atoms with Gasteiger partial charge in [0.1, 0.15) is 5.82 Å². The molecule has 0 saturated carbocycles. The molecule has 0 aliphatic rings. The first-order valence-corrected chi connectivity index (χ1v) is 11.8. The van der Waals surface area contributed by atoms with Gasteiger partial charge in [0.05, 0.1) is 24.2 Å². The number of methoxy groups -OCH3 is 1. The Morgan fingerprint density at radius 3 is 2.61 bits per heavy atom. The summed E-state index contributed by atoms with van der Waals surface area (Å²) >= 11 is 6.86. The van der Waals surface area contributed by atoms with Crippen LogP contribution in [0.5, 0.6) is 11.5 Å². The van der Waals surface area contributed by atoms with Gasteiger partial charge in [-0.15, -0.1) is 0 Å². The number of nitrogens with zero attached hydrogens (tertiary/aromatic N) is 3. The topological polar surface area (TPSA) is 103 Å². The van der Waals surface area contributed by atoms with Crippen LogP contribution in [0.2, 0.25) is 0 Å². The van der Waals surface area contributed by atoms with Gasteiger partial charge in [-0.25, -0.2) is 9.78 Å². The number of rotatable bonds is 8. The highest BCUT2D eigenvalue weighted by atomic mass is 79.9. The molecule has 8 nitrogen and oxygen atoms in total. The molecule has 1 N–H and O–H groups in total. The van der Waals surface area contributed by atoms with Gasteiger partial charge in [-0.3, -0.25) is 4.79 Å². The molecule has 174 valence electrons. The van der Waals surface area contributed by atoms with Crippen molar-refractivity contribution in [3.05, 3.63) is 61.0 Å². The molecule has 0 spiro atoms. The molecule has 0 saturated heterocycles. The van der Waals surface area contributed by atoms with Gasteiger partial charge >= 0.3 is 5.97 Å². The van der Waals surface area contributed by atoms with Gasteiger partial charge in [0.2, 0.25) is 0 Å². The SMILES string of the molecule is CC[C@H](C)c1nc2ccc(Br)cc2c(=O)n1N=Cc1cc(OC)c(O[C@@H](C)C(=O)O)cc1Br. The Morgan fingerprint density at radius 1 is 1.24 bits per heavy atom. The lowest BCUT2D eigenvalue weighted by molar-refractivity contribution is -0.144. The van der Waals surface area contributed by atoms with E-state index in [1.54, 1.807) is 24.3 Å². The van der Waals surface area contributed by atoms with Crippen molar-refractivity contribution in [1.29, 1.82) is 0 Å². The van der Waals surface area contributed by atoms with E-state index in [9.17, 15) is 9.59 Å². The Kier molecular flexibility index (Phi) is 7.91. The maximum atomic E-state index is 13.3. The summed E-state index contributed by atoms with van der Waals surface area (Å²) in [6, 6.07) is 8.63. The van der Waals surface area contributed by atoms with Crippen LogP contribution in [-0.4, -0.2) is 40.2 Å². The van der Waals surface area contributed by atoms with Gasteiger partial charge in [0.15, 0.2) is 17.6 Å². The van der Waals surface area contributed by atoms with E-state index in [0.29, 0.717) is 32.5 Å². The van der Waals surface area contributed by atoms with E-state index >= 15 is 0 Å². The quantitative estimate of drug-likeness (QED) is 0.368. The fraction of sp³-hybridized carbons (Fsp3) is 0.304. The molecule has 0 aliphatic heterocycles. The minimum Gasteiger partial charge on any atom is -0.493 e. The van der Waals surface area contributed by atoms with Crippen LogP contribution in [0.1, 0.15) is 44.5 Å². The number of aliphatic carboxylic acids is 1. The molecule has 0 fully saturated rings. The molecule has 33 heavy (non-hydrogen) atoms. The summed E-state index contributed by atoms with van der Waals surface area (Å²) in [5, 5.41) is 14.0. The number of hydrogen-bond donors (Lipinski definition) is 1. The summed E-state index contributed by atoms with van der Waals surface area (Å²) in [5.74, 6) is 0.0844. The van der Waals surface area contributed by atoms with E-state index in [1.165, 1.54) is 24.9 Å². The summed E-state index contributed by atoms with van der Waals surface area (Å²) in [5.41, 5.74) is 0.951. The van der Waals surface area contributed by atoms with Gasteiger partial charge < -0.3 is 14.6 Å². The molecule has 0 radical (unpaired) electrons. The number of benzene rings is 2. The van der Waals surface area contributed by atoms with Crippen LogP contribution < -0.4 is 15.0 Å². The zero-order valence-electron chi connectivity index (χ0n) is 18.5. The molecule has 0 amide bonds. The lowest BCUT2D eigenvalue weighted by Crippen LogP contribution is -2.24. The number of aromatic nitrogens is 2. The van der Waals surface area contributed by atoms with Crippen LogP contribution in [0.15, 0.2) is 49.2 Å². The molecule has 0 aliphatic carbocycles. The van der Waals surface area contributed by atoms with Crippen molar-refractivity contribution in [2.24, 2.45) is 5.10 Å². The Balaban J connectivity index is 2.10. The number of fused-ring (bicyclic) bond motifs is 1. The summed E-state index contributed by atoms with van der Waals surface area (Å²) in [6.07, 6.45) is 1.26. The second kappa shape index (κ2) is 10.5. The molecule has 10 heteroatoms. The fourth-order valence-corrected chi connectivity index (χ4v) is 3.83. The van der Waals surface area contributed by atoms with Crippen molar-refractivity contribution in [2.45, 2.75) is 39.2 Å². The molecule has 3 rings (SSSR count). The van der Waals surface area contributed by atoms with Crippen LogP contribution in [-0.2, 0) is 4.79 Å². The van der Waals surface area contributed by atoms with E-state index in [-0.39, 0.29) is 17.2 Å². The number of carbonyl (C=O) groups is 1. The second-order valence-corrected chi connectivity index (χ2v) is 9.20. The van der Waals surface area contributed by atoms with Gasteiger partial charge in [-0.05, 0) is 59.6 Å². The maximum Gasteiger partial charge on any atom is 0.344 e. The first-order chi connectivity index (χ1) is 15.7. The average Bonchev–Trinajstić information content (AvgIpc) is 2.79. The van der Waals surface area contributed by atoms with E-state index in [2.05, 4.69) is 37.0 Å². The third-order valence-corrected chi connectivity index (χ3v) is 6.31. The van der Waals surface area contributed by atoms with Crippen molar-refractivity contribution in [3.8, 4) is 11.5 Å². The van der Waals surface area contributed by atoms with Gasteiger partial charge in [-0.1, -0.05) is 29.8 Å². The monoisotopic (exact) mass is 579 g/mol. The summed E-state index contributed by atoms with van der Waals surface area (Å²) < 4.78 is 13.5. The summed E-state index contributed by atoms with van der Waals surface area (Å²) in [4.78, 5) is 29.1. The predicted molar refractivity (Wildman–Crippen MR) is 134 cm³/mol. The Morgan fingerprint density at radius 2 is 1.97 bits per heavy atom. The summed E-state index contributed by atoms with van der Waals surface area (Å²) in [6.45, 7) is 5.45. The largest absolute Gasteiger partial charge is 0.493 e. The fourth-order valence-electron chi connectivity index (χ4n) is 3.04. The lowest BCUT2D eigenvalue weighted by Gasteiger charge is -2.16. The highest BCUT2D eigenvalue weighted by Crippen LogP contribution is 2.33. The molecular weight excluding hydrogens is 558 g/mol. The first kappa shape index (κ1) is 24.9. The van der Waals surface area contributed by atoms with E-state index < -0.39 is 12.1 Å². The van der Waals surface area contributed by atoms with E-state index in [1.807, 2.05) is 19.9 Å². The van der Waals surface area contributed by atoms with Crippen LogP contribution in [0.4, 0.5) is 0 Å². The number of carboxylic acids is 1. The number of halogens is 2. The maximum absolute atomic E-state index is 13.3. The van der Waals surface area contributed by atoms with Gasteiger partial charge in [0.25, 0.3) is 5.56 Å². The van der Waals surface area contributed by atoms with Gasteiger partial charge in [0, 0.05) is 20.4 Å². The molecule has 3 aromatic rings. The van der Waals surface area contributed by atoms with Crippen molar-refractivity contribution >= 4 is 54.9 Å². The van der Waals surface area contributed by atoms with E-state index in [0.717, 1.165) is 10.9 Å². The number of carboxylic acid groups (broad SMARTS) is 1. The van der Waals surface area contributed by atoms with Gasteiger partial charge in [-0.2, -0.15) is 9.78 Å². The highest BCUT2D eigenvalue weighted by molar-refractivity contribution is 9.10. The minimum atomic E-state index is -1.09. The Bertz CT molecular complexity index is 1290. The Labute approximate surface area is 207 Å². The lowest BCUT2D eigenvalue weighted by atomic mass is 10.1. The first-order valence-electron chi connectivity index (χ1n) is 10.2. The smallest absolute Gasteiger partial charge is 0.344 e. The Hall–Kier alpha value is -2.72. The normalized spacial score (nSPS) is 13.3. The molecule has 0 bridgehead atoms. The van der Waals surface area contributed by atoms with E-state index in [4.69, 9.17) is 19.6 Å². The molecular formula is C23H23Br2N3O5. The molecule has 0 unspecified atom stereocenters. The van der Waals surface area contributed by atoms with Crippen molar-refractivity contribution in [1.82, 2.24) is 9.66 Å².